The van der Waals surface area contributed by atoms with Crippen LogP contribution in [0.1, 0.15) is 57.4 Å². The van der Waals surface area contributed by atoms with E-state index in [2.05, 4.69) is 24.0 Å². The minimum atomic E-state index is -1.09. The largest absolute Gasteiger partial charge is 0.458 e. The van der Waals surface area contributed by atoms with Crippen molar-refractivity contribution in [3.63, 3.8) is 0 Å². The van der Waals surface area contributed by atoms with Crippen molar-refractivity contribution < 1.29 is 13.9 Å². The van der Waals surface area contributed by atoms with E-state index in [0.29, 0.717) is 39.5 Å². The number of hydrogen-bond donors (Lipinski definition) is 0. The lowest BCUT2D eigenvalue weighted by molar-refractivity contribution is -0.158. The van der Waals surface area contributed by atoms with Crippen LogP contribution in [0.5, 0.6) is 0 Å². The summed E-state index contributed by atoms with van der Waals surface area (Å²) in [6.45, 7) is 11.0. The standard InChI is InChI=1S/C27H31N3O5S/c1-7-18-10-8-9-11-19(18)12-14-29-24-20(16(2)21(36-24)22-28-13-15-34-22)23(31)30(26(29)33)17(3)25(32)35-27(4,5)6/h8-11,13,15,17H,7,12,14H2,1-6H3. The lowest BCUT2D eigenvalue weighted by Crippen LogP contribution is -2.45. The van der Waals surface area contributed by atoms with Crippen molar-refractivity contribution in [1.29, 1.82) is 0 Å². The highest BCUT2D eigenvalue weighted by Crippen LogP contribution is 2.35. The number of ether oxygens (including phenoxy) is 1. The molecule has 3 aromatic heterocycles. The van der Waals surface area contributed by atoms with Crippen LogP contribution in [0.4, 0.5) is 0 Å². The molecule has 0 aliphatic heterocycles. The molecular weight excluding hydrogens is 478 g/mol. The van der Waals surface area contributed by atoms with E-state index in [-0.39, 0.29) is 0 Å². The molecule has 0 aliphatic rings. The molecule has 0 bridgehead atoms. The average molecular weight is 510 g/mol. The molecule has 0 spiro atoms. The van der Waals surface area contributed by atoms with E-state index in [1.807, 2.05) is 19.1 Å². The van der Waals surface area contributed by atoms with Gasteiger partial charge in [-0.2, -0.15) is 0 Å². The number of rotatable bonds is 7. The number of aryl methyl sites for hydroxylation is 4. The second kappa shape index (κ2) is 9.89. The third kappa shape index (κ3) is 4.80. The van der Waals surface area contributed by atoms with Crippen molar-refractivity contribution in [1.82, 2.24) is 14.1 Å². The normalized spacial score (nSPS) is 12.7. The van der Waals surface area contributed by atoms with Gasteiger partial charge in [0.05, 0.1) is 16.5 Å². The van der Waals surface area contributed by atoms with E-state index >= 15 is 0 Å². The number of nitrogens with zero attached hydrogens (tertiary/aromatic N) is 3. The summed E-state index contributed by atoms with van der Waals surface area (Å²) in [5.41, 5.74) is 1.19. The van der Waals surface area contributed by atoms with Gasteiger partial charge in [-0.15, -0.1) is 11.3 Å². The van der Waals surface area contributed by atoms with Gasteiger partial charge < -0.3 is 9.15 Å². The van der Waals surface area contributed by atoms with Gasteiger partial charge in [0.1, 0.15) is 22.7 Å². The van der Waals surface area contributed by atoms with Crippen LogP contribution in [0.15, 0.2) is 50.7 Å². The summed E-state index contributed by atoms with van der Waals surface area (Å²) in [5.74, 6) is -0.250. The third-order valence-corrected chi connectivity index (χ3v) is 7.41. The van der Waals surface area contributed by atoms with Crippen molar-refractivity contribution in [2.24, 2.45) is 0 Å². The fourth-order valence-corrected chi connectivity index (χ4v) is 5.57. The zero-order chi connectivity index (χ0) is 26.2. The Balaban J connectivity index is 1.91. The molecule has 1 aromatic carbocycles. The molecule has 4 aromatic rings. The van der Waals surface area contributed by atoms with Crippen LogP contribution in [-0.4, -0.2) is 25.7 Å². The van der Waals surface area contributed by atoms with Gasteiger partial charge in [-0.3, -0.25) is 9.36 Å². The summed E-state index contributed by atoms with van der Waals surface area (Å²) in [7, 11) is 0. The van der Waals surface area contributed by atoms with E-state index in [1.54, 1.807) is 25.3 Å². The molecule has 1 unspecified atom stereocenters. The molecule has 0 aliphatic carbocycles. The smallest absolute Gasteiger partial charge is 0.332 e. The van der Waals surface area contributed by atoms with Gasteiger partial charge in [0.25, 0.3) is 5.56 Å². The van der Waals surface area contributed by atoms with Gasteiger partial charge in [0.2, 0.25) is 5.89 Å². The SMILES string of the molecule is CCc1ccccc1CCn1c(=O)n(C(C)C(=O)OC(C)(C)C)c(=O)c2c(C)c(-c3ncco3)sc21. The van der Waals surface area contributed by atoms with E-state index in [4.69, 9.17) is 9.15 Å². The predicted octanol–water partition coefficient (Wildman–Crippen LogP) is 4.90. The molecular formula is C27H31N3O5S. The molecule has 1 atom stereocenters. The second-order valence-corrected chi connectivity index (χ2v) is 10.8. The number of esters is 1. The maximum absolute atomic E-state index is 13.8. The van der Waals surface area contributed by atoms with Crippen LogP contribution < -0.4 is 11.2 Å². The summed E-state index contributed by atoms with van der Waals surface area (Å²) in [6, 6.07) is 7.02. The number of carbonyl (C=O) groups excluding carboxylic acids is 1. The van der Waals surface area contributed by atoms with Crippen molar-refractivity contribution in [3.05, 3.63) is 74.3 Å². The number of benzene rings is 1. The Bertz CT molecular complexity index is 1520. The van der Waals surface area contributed by atoms with Gasteiger partial charge in [0, 0.05) is 6.54 Å². The number of fused-ring (bicyclic) bond motifs is 1. The Morgan fingerprint density at radius 1 is 1.19 bits per heavy atom. The number of oxazole rings is 1. The molecule has 8 nitrogen and oxygen atoms in total. The van der Waals surface area contributed by atoms with E-state index in [1.165, 1.54) is 36.3 Å². The minimum absolute atomic E-state index is 0.346. The van der Waals surface area contributed by atoms with Crippen molar-refractivity contribution in [3.8, 4) is 10.8 Å². The van der Waals surface area contributed by atoms with Crippen molar-refractivity contribution in [2.75, 3.05) is 0 Å². The zero-order valence-corrected chi connectivity index (χ0v) is 22.3. The summed E-state index contributed by atoms with van der Waals surface area (Å²) in [6.07, 6.45) is 4.49. The highest BCUT2D eigenvalue weighted by Gasteiger charge is 2.29. The Hall–Kier alpha value is -3.46. The first-order valence-electron chi connectivity index (χ1n) is 12.0. The highest BCUT2D eigenvalue weighted by atomic mass is 32.1. The molecule has 0 N–H and O–H groups in total. The van der Waals surface area contributed by atoms with Gasteiger partial charge in [-0.1, -0.05) is 31.2 Å². The maximum Gasteiger partial charge on any atom is 0.332 e. The molecule has 3 heterocycles. The van der Waals surface area contributed by atoms with Crippen LogP contribution in [0.3, 0.4) is 0 Å². The Kier molecular flexibility index (Phi) is 7.04. The van der Waals surface area contributed by atoms with E-state index in [9.17, 15) is 14.4 Å². The lowest BCUT2D eigenvalue weighted by atomic mass is 10.0. The van der Waals surface area contributed by atoms with Crippen molar-refractivity contribution in [2.45, 2.75) is 72.6 Å². The molecule has 0 radical (unpaired) electrons. The minimum Gasteiger partial charge on any atom is -0.458 e. The van der Waals surface area contributed by atoms with Crippen LogP contribution in [-0.2, 0) is 28.9 Å². The first-order chi connectivity index (χ1) is 17.0. The molecule has 9 heteroatoms. The van der Waals surface area contributed by atoms with E-state index in [0.717, 1.165) is 16.6 Å². The molecule has 4 rings (SSSR count). The quantitative estimate of drug-likeness (QED) is 0.329. The number of thiophene rings is 1. The average Bonchev–Trinajstić information content (AvgIpc) is 3.46. The maximum atomic E-state index is 13.8. The lowest BCUT2D eigenvalue weighted by Gasteiger charge is -2.23. The number of hydrogen-bond acceptors (Lipinski definition) is 7. The Labute approximate surface area is 213 Å². The molecule has 0 amide bonds. The molecule has 0 saturated carbocycles. The topological polar surface area (TPSA) is 96.3 Å². The van der Waals surface area contributed by atoms with Crippen LogP contribution in [0, 0.1) is 6.92 Å². The van der Waals surface area contributed by atoms with Crippen LogP contribution in [0.2, 0.25) is 0 Å². The fraction of sp³-hybridized carbons (Fsp3) is 0.407. The fourth-order valence-electron chi connectivity index (χ4n) is 4.31. The molecule has 36 heavy (non-hydrogen) atoms. The zero-order valence-electron chi connectivity index (χ0n) is 21.5. The first kappa shape index (κ1) is 25.6. The summed E-state index contributed by atoms with van der Waals surface area (Å²) in [4.78, 5) is 45.8. The van der Waals surface area contributed by atoms with Crippen LogP contribution >= 0.6 is 11.3 Å². The van der Waals surface area contributed by atoms with Crippen LogP contribution in [0.25, 0.3) is 21.0 Å². The predicted molar refractivity (Wildman–Crippen MR) is 141 cm³/mol. The summed E-state index contributed by atoms with van der Waals surface area (Å²) >= 11 is 1.30. The molecule has 0 saturated heterocycles. The van der Waals surface area contributed by atoms with Crippen molar-refractivity contribution >= 4 is 27.5 Å². The Morgan fingerprint density at radius 3 is 2.50 bits per heavy atom. The van der Waals surface area contributed by atoms with E-state index < -0.39 is 28.9 Å². The van der Waals surface area contributed by atoms with Gasteiger partial charge >= 0.3 is 11.7 Å². The van der Waals surface area contributed by atoms with Gasteiger partial charge in [-0.05, 0) is 64.2 Å². The highest BCUT2D eigenvalue weighted by molar-refractivity contribution is 7.22. The number of aromatic nitrogens is 3. The summed E-state index contributed by atoms with van der Waals surface area (Å²) in [5, 5.41) is 0.381. The monoisotopic (exact) mass is 509 g/mol. The first-order valence-corrected chi connectivity index (χ1v) is 12.8. The third-order valence-electron chi connectivity index (χ3n) is 6.11. The molecule has 190 valence electrons. The molecule has 0 fully saturated rings. The second-order valence-electron chi connectivity index (χ2n) is 9.76. The summed E-state index contributed by atoms with van der Waals surface area (Å²) < 4.78 is 13.6. The van der Waals surface area contributed by atoms with Gasteiger partial charge in [0.15, 0.2) is 0 Å². The van der Waals surface area contributed by atoms with Gasteiger partial charge in [-0.25, -0.2) is 19.1 Å². The Morgan fingerprint density at radius 2 is 1.89 bits per heavy atom. The number of carbonyl (C=O) groups is 1.